The summed E-state index contributed by atoms with van der Waals surface area (Å²) < 4.78 is 16.6. The van der Waals surface area contributed by atoms with Crippen molar-refractivity contribution < 1.29 is 14.2 Å². The Balaban J connectivity index is 2.52. The van der Waals surface area contributed by atoms with Gasteiger partial charge in [0, 0.05) is 24.7 Å². The summed E-state index contributed by atoms with van der Waals surface area (Å²) in [4.78, 5) is 0. The summed E-state index contributed by atoms with van der Waals surface area (Å²) >= 11 is 3.42. The second kappa shape index (κ2) is 3.59. The molecule has 15 heavy (non-hydrogen) atoms. The van der Waals surface area contributed by atoms with E-state index in [1.807, 2.05) is 26.0 Å². The number of alkyl halides is 1. The molecule has 1 aliphatic heterocycles. The maximum Gasteiger partial charge on any atom is 0.246 e. The van der Waals surface area contributed by atoms with Crippen molar-refractivity contribution in [2.24, 2.45) is 0 Å². The van der Waals surface area contributed by atoms with Crippen LogP contribution >= 0.6 is 15.9 Å². The Hall–Kier alpha value is -0.900. The van der Waals surface area contributed by atoms with E-state index in [9.17, 15) is 0 Å². The summed E-state index contributed by atoms with van der Waals surface area (Å²) in [6, 6.07) is 3.86. The van der Waals surface area contributed by atoms with Crippen LogP contribution in [0, 0.1) is 0 Å². The van der Waals surface area contributed by atoms with Crippen molar-refractivity contribution in [1.82, 2.24) is 0 Å². The number of methoxy groups -OCH3 is 1. The molecule has 0 N–H and O–H groups in total. The minimum atomic E-state index is -0.617. The van der Waals surface area contributed by atoms with Crippen molar-refractivity contribution in [2.45, 2.75) is 25.0 Å². The van der Waals surface area contributed by atoms with Gasteiger partial charge in [-0.1, -0.05) is 22.0 Å². The van der Waals surface area contributed by atoms with Crippen LogP contribution in [-0.2, 0) is 5.33 Å². The second-order valence-electron chi connectivity index (χ2n) is 3.82. The van der Waals surface area contributed by atoms with E-state index in [2.05, 4.69) is 15.9 Å². The molecule has 0 aromatic heterocycles. The normalized spacial score (nSPS) is 16.5. The monoisotopic (exact) mass is 272 g/mol. The third kappa shape index (κ3) is 1.78. The largest absolute Gasteiger partial charge is 0.493 e. The van der Waals surface area contributed by atoms with E-state index < -0.39 is 5.79 Å². The summed E-state index contributed by atoms with van der Waals surface area (Å²) in [5.41, 5.74) is 1.07. The van der Waals surface area contributed by atoms with Gasteiger partial charge in [-0.25, -0.2) is 0 Å². The van der Waals surface area contributed by atoms with Crippen molar-refractivity contribution in [3.05, 3.63) is 17.7 Å². The maximum absolute atomic E-state index is 5.73. The molecule has 82 valence electrons. The minimum Gasteiger partial charge on any atom is -0.493 e. The number of hydrogen-bond donors (Lipinski definition) is 0. The molecule has 1 aromatic carbocycles. The molecule has 0 saturated heterocycles. The van der Waals surface area contributed by atoms with Crippen LogP contribution in [0.3, 0.4) is 0 Å². The first-order valence-electron chi connectivity index (χ1n) is 4.71. The fraction of sp³-hybridized carbons (Fsp3) is 0.455. The van der Waals surface area contributed by atoms with E-state index >= 15 is 0 Å². The lowest BCUT2D eigenvalue weighted by molar-refractivity contribution is -0.0442. The molecule has 1 aliphatic rings. The van der Waals surface area contributed by atoms with E-state index in [0.717, 1.165) is 16.6 Å². The molecule has 0 spiro atoms. The fourth-order valence-electron chi connectivity index (χ4n) is 1.57. The number of fused-ring (bicyclic) bond motifs is 1. The Kier molecular flexibility index (Phi) is 2.54. The zero-order valence-electron chi connectivity index (χ0n) is 8.96. The van der Waals surface area contributed by atoms with Gasteiger partial charge < -0.3 is 14.2 Å². The third-order valence-corrected chi connectivity index (χ3v) is 2.82. The minimum absolute atomic E-state index is 0.617. The molecule has 0 amide bonds. The SMILES string of the molecule is COc1ccc(CBr)c2c1OC(C)(C)O2. The lowest BCUT2D eigenvalue weighted by Gasteiger charge is -2.16. The van der Waals surface area contributed by atoms with Crippen LogP contribution in [0.25, 0.3) is 0 Å². The van der Waals surface area contributed by atoms with Crippen LogP contribution in [-0.4, -0.2) is 12.9 Å². The predicted molar refractivity (Wildman–Crippen MR) is 61.0 cm³/mol. The molecule has 0 unspecified atom stereocenters. The highest BCUT2D eigenvalue weighted by Crippen LogP contribution is 2.48. The van der Waals surface area contributed by atoms with Crippen LogP contribution in [0.2, 0.25) is 0 Å². The van der Waals surface area contributed by atoms with Crippen molar-refractivity contribution in [2.75, 3.05) is 7.11 Å². The van der Waals surface area contributed by atoms with Crippen molar-refractivity contribution in [1.29, 1.82) is 0 Å². The van der Waals surface area contributed by atoms with E-state index in [-0.39, 0.29) is 0 Å². The smallest absolute Gasteiger partial charge is 0.246 e. The molecule has 4 heteroatoms. The summed E-state index contributed by atoms with van der Waals surface area (Å²) in [5, 5.41) is 0.735. The summed E-state index contributed by atoms with van der Waals surface area (Å²) in [6.07, 6.45) is 0. The molecule has 0 fully saturated rings. The summed E-state index contributed by atoms with van der Waals surface area (Å²) in [6.45, 7) is 3.76. The number of benzene rings is 1. The first-order valence-corrected chi connectivity index (χ1v) is 5.83. The lowest BCUT2D eigenvalue weighted by Crippen LogP contribution is -2.29. The van der Waals surface area contributed by atoms with Crippen molar-refractivity contribution in [3.8, 4) is 17.2 Å². The standard InChI is InChI=1S/C11H13BrO3/c1-11(2)14-9-7(6-12)4-5-8(13-3)10(9)15-11/h4-5H,6H2,1-3H3. The maximum atomic E-state index is 5.73. The van der Waals surface area contributed by atoms with Crippen LogP contribution in [0.5, 0.6) is 17.2 Å². The quantitative estimate of drug-likeness (QED) is 0.775. The molecule has 0 bridgehead atoms. The van der Waals surface area contributed by atoms with Crippen LogP contribution in [0.15, 0.2) is 12.1 Å². The Bertz CT molecular complexity index is 353. The van der Waals surface area contributed by atoms with Gasteiger partial charge in [0.15, 0.2) is 11.5 Å². The number of halogens is 1. The van der Waals surface area contributed by atoms with Gasteiger partial charge in [0.05, 0.1) is 7.11 Å². The first kappa shape index (κ1) is 10.6. The molecule has 1 aromatic rings. The average Bonchev–Trinajstić information content (AvgIpc) is 2.51. The zero-order chi connectivity index (χ0) is 11.1. The highest BCUT2D eigenvalue weighted by Gasteiger charge is 2.35. The van der Waals surface area contributed by atoms with Gasteiger partial charge in [-0.15, -0.1) is 0 Å². The number of ether oxygens (including phenoxy) is 3. The summed E-state index contributed by atoms with van der Waals surface area (Å²) in [7, 11) is 1.62. The zero-order valence-corrected chi connectivity index (χ0v) is 10.6. The number of rotatable bonds is 2. The second-order valence-corrected chi connectivity index (χ2v) is 4.38. The molecule has 2 rings (SSSR count). The van der Waals surface area contributed by atoms with Gasteiger partial charge in [0.25, 0.3) is 0 Å². The molecular formula is C11H13BrO3. The Morgan fingerprint density at radius 2 is 1.93 bits per heavy atom. The van der Waals surface area contributed by atoms with Crippen LogP contribution in [0.4, 0.5) is 0 Å². The molecule has 3 nitrogen and oxygen atoms in total. The van der Waals surface area contributed by atoms with Crippen molar-refractivity contribution in [3.63, 3.8) is 0 Å². The Morgan fingerprint density at radius 3 is 2.53 bits per heavy atom. The first-order chi connectivity index (χ1) is 7.07. The lowest BCUT2D eigenvalue weighted by atomic mass is 10.2. The van der Waals surface area contributed by atoms with E-state index in [4.69, 9.17) is 14.2 Å². The van der Waals surface area contributed by atoms with Crippen molar-refractivity contribution >= 4 is 15.9 Å². The Labute approximate surface area is 97.5 Å². The van der Waals surface area contributed by atoms with Gasteiger partial charge in [0.1, 0.15) is 0 Å². The fourth-order valence-corrected chi connectivity index (χ4v) is 2.01. The highest BCUT2D eigenvalue weighted by molar-refractivity contribution is 9.08. The van der Waals surface area contributed by atoms with Gasteiger partial charge >= 0.3 is 0 Å². The average molecular weight is 273 g/mol. The molecular weight excluding hydrogens is 260 g/mol. The Morgan fingerprint density at radius 1 is 1.27 bits per heavy atom. The number of hydrogen-bond acceptors (Lipinski definition) is 3. The van der Waals surface area contributed by atoms with E-state index in [1.54, 1.807) is 7.11 Å². The van der Waals surface area contributed by atoms with Crippen LogP contribution in [0.1, 0.15) is 19.4 Å². The van der Waals surface area contributed by atoms with Gasteiger partial charge in [-0.3, -0.25) is 0 Å². The molecule has 0 radical (unpaired) electrons. The third-order valence-electron chi connectivity index (χ3n) is 2.22. The molecule has 0 saturated carbocycles. The molecule has 0 atom stereocenters. The van der Waals surface area contributed by atoms with Gasteiger partial charge in [-0.05, 0) is 6.07 Å². The van der Waals surface area contributed by atoms with E-state index in [1.165, 1.54) is 0 Å². The topological polar surface area (TPSA) is 27.7 Å². The van der Waals surface area contributed by atoms with Crippen LogP contribution < -0.4 is 14.2 Å². The van der Waals surface area contributed by atoms with Gasteiger partial charge in [-0.2, -0.15) is 0 Å². The van der Waals surface area contributed by atoms with E-state index in [0.29, 0.717) is 11.5 Å². The summed E-state index contributed by atoms with van der Waals surface area (Å²) in [5.74, 6) is 1.56. The molecule has 1 heterocycles. The molecule has 0 aliphatic carbocycles. The van der Waals surface area contributed by atoms with Gasteiger partial charge in [0.2, 0.25) is 11.5 Å². The highest BCUT2D eigenvalue weighted by atomic mass is 79.9. The predicted octanol–water partition coefficient (Wildman–Crippen LogP) is 3.10.